The van der Waals surface area contributed by atoms with Crippen molar-refractivity contribution in [3.8, 4) is 0 Å². The van der Waals surface area contributed by atoms with Crippen LogP contribution in [0.2, 0.25) is 0 Å². The number of fused-ring (bicyclic) bond motifs is 2. The van der Waals surface area contributed by atoms with E-state index >= 15 is 0 Å². The molecule has 6 rings (SSSR count). The molecule has 0 unspecified atom stereocenters. The standard InChI is InChI=1S/C33H29BrN4OS/c1-22(39)31-36-38(27-20-18-25(34)19-21-27)33(40-31)29-13-9-8-12-28(29)30(35-37(33)26-10-6-5-7-11-26)23-14-16-24(17-15-23)32(2,3)4/h5-21H,1-4H3/t33-/m1/s1. The zero-order chi connectivity index (χ0) is 28.1. The molecule has 4 aromatic rings. The number of thioether (sulfide) groups is 1. The first-order chi connectivity index (χ1) is 19.2. The van der Waals surface area contributed by atoms with Crippen LogP contribution in [0, 0.1) is 0 Å². The van der Waals surface area contributed by atoms with Crippen molar-refractivity contribution in [2.45, 2.75) is 38.1 Å². The van der Waals surface area contributed by atoms with Crippen LogP contribution < -0.4 is 10.0 Å². The van der Waals surface area contributed by atoms with Gasteiger partial charge in [-0.1, -0.05) is 103 Å². The van der Waals surface area contributed by atoms with Crippen molar-refractivity contribution in [2.24, 2.45) is 10.2 Å². The van der Waals surface area contributed by atoms with E-state index < -0.39 is 4.99 Å². The maximum Gasteiger partial charge on any atom is 0.234 e. The third-order valence-electron chi connectivity index (χ3n) is 7.13. The molecular weight excluding hydrogens is 580 g/mol. The highest BCUT2D eigenvalue weighted by atomic mass is 79.9. The average molecular weight is 610 g/mol. The smallest absolute Gasteiger partial charge is 0.234 e. The van der Waals surface area contributed by atoms with Gasteiger partial charge < -0.3 is 0 Å². The summed E-state index contributed by atoms with van der Waals surface area (Å²) in [6, 6.07) is 35.1. The Hall–Kier alpha value is -3.68. The lowest BCUT2D eigenvalue weighted by Crippen LogP contribution is -2.54. The molecule has 0 saturated heterocycles. The Labute approximate surface area is 247 Å². The summed E-state index contributed by atoms with van der Waals surface area (Å²) in [4.78, 5) is 11.9. The van der Waals surface area contributed by atoms with E-state index in [1.54, 1.807) is 6.92 Å². The molecule has 2 aliphatic rings. The molecule has 1 spiro atoms. The fourth-order valence-corrected chi connectivity index (χ4v) is 6.62. The summed E-state index contributed by atoms with van der Waals surface area (Å²) >= 11 is 4.99. The molecule has 7 heteroatoms. The minimum atomic E-state index is -0.957. The van der Waals surface area contributed by atoms with Crippen molar-refractivity contribution in [3.63, 3.8) is 0 Å². The van der Waals surface area contributed by atoms with Gasteiger partial charge in [0.15, 0.2) is 10.8 Å². The summed E-state index contributed by atoms with van der Waals surface area (Å²) in [5.41, 5.74) is 7.00. The van der Waals surface area contributed by atoms with Gasteiger partial charge in [-0.05, 0) is 59.1 Å². The van der Waals surface area contributed by atoms with Crippen LogP contribution in [0.3, 0.4) is 0 Å². The Morgan fingerprint density at radius 3 is 2.02 bits per heavy atom. The first-order valence-electron chi connectivity index (χ1n) is 13.2. The number of carbonyl (C=O) groups excluding carboxylic acids is 1. The van der Waals surface area contributed by atoms with Crippen molar-refractivity contribution in [3.05, 3.63) is 130 Å². The normalized spacial score (nSPS) is 18.4. The summed E-state index contributed by atoms with van der Waals surface area (Å²) in [5.74, 6) is -0.0815. The van der Waals surface area contributed by atoms with Crippen LogP contribution in [-0.4, -0.2) is 16.5 Å². The second-order valence-corrected chi connectivity index (χ2v) is 13.0. The average Bonchev–Trinajstić information content (AvgIpc) is 3.35. The van der Waals surface area contributed by atoms with E-state index in [4.69, 9.17) is 10.2 Å². The van der Waals surface area contributed by atoms with Gasteiger partial charge in [0.25, 0.3) is 0 Å². The van der Waals surface area contributed by atoms with Crippen LogP contribution in [0.1, 0.15) is 49.9 Å². The first-order valence-corrected chi connectivity index (χ1v) is 14.8. The summed E-state index contributed by atoms with van der Waals surface area (Å²) in [6.07, 6.45) is 0. The molecule has 40 heavy (non-hydrogen) atoms. The molecule has 0 amide bonds. The van der Waals surface area contributed by atoms with Gasteiger partial charge in [-0.2, -0.15) is 10.2 Å². The first kappa shape index (κ1) is 26.5. The predicted octanol–water partition coefficient (Wildman–Crippen LogP) is 8.29. The number of carbonyl (C=O) groups is 1. The topological polar surface area (TPSA) is 48.3 Å². The lowest BCUT2D eigenvalue weighted by atomic mass is 9.85. The Bertz CT molecular complexity index is 1640. The molecule has 5 nitrogen and oxygen atoms in total. The summed E-state index contributed by atoms with van der Waals surface area (Å²) in [6.45, 7) is 8.22. The van der Waals surface area contributed by atoms with Crippen LogP contribution in [0.25, 0.3) is 0 Å². The maximum absolute atomic E-state index is 12.8. The zero-order valence-electron chi connectivity index (χ0n) is 22.8. The lowest BCUT2D eigenvalue weighted by Gasteiger charge is -2.47. The number of halogens is 1. The molecule has 0 radical (unpaired) electrons. The predicted molar refractivity (Wildman–Crippen MR) is 170 cm³/mol. The van der Waals surface area contributed by atoms with Crippen LogP contribution >= 0.6 is 27.7 Å². The van der Waals surface area contributed by atoms with Gasteiger partial charge in [0, 0.05) is 28.1 Å². The Morgan fingerprint density at radius 1 is 0.775 bits per heavy atom. The van der Waals surface area contributed by atoms with Gasteiger partial charge in [0.1, 0.15) is 0 Å². The quantitative estimate of drug-likeness (QED) is 0.234. The van der Waals surface area contributed by atoms with Crippen molar-refractivity contribution in [1.82, 2.24) is 0 Å². The monoisotopic (exact) mass is 608 g/mol. The number of hydrogen-bond donors (Lipinski definition) is 0. The van der Waals surface area contributed by atoms with E-state index in [0.717, 1.165) is 38.2 Å². The lowest BCUT2D eigenvalue weighted by molar-refractivity contribution is -0.110. The molecule has 1 atom stereocenters. The van der Waals surface area contributed by atoms with E-state index in [2.05, 4.69) is 73.1 Å². The summed E-state index contributed by atoms with van der Waals surface area (Å²) in [7, 11) is 0. The third kappa shape index (κ3) is 4.47. The number of ketones is 1. The van der Waals surface area contributed by atoms with Gasteiger partial charge in [0.05, 0.1) is 17.1 Å². The van der Waals surface area contributed by atoms with Crippen LogP contribution in [0.5, 0.6) is 0 Å². The number of para-hydroxylation sites is 1. The van der Waals surface area contributed by atoms with Gasteiger partial charge in [-0.25, -0.2) is 10.0 Å². The van der Waals surface area contributed by atoms with E-state index in [0.29, 0.717) is 5.04 Å². The Kier molecular flexibility index (Phi) is 6.67. The maximum atomic E-state index is 12.8. The number of Topliss-reactive ketones (excluding diaryl/α,β-unsaturated/α-hetero) is 1. The molecular formula is C33H29BrN4OS. The summed E-state index contributed by atoms with van der Waals surface area (Å²) in [5, 5.41) is 14.7. The molecule has 0 fully saturated rings. The SMILES string of the molecule is CC(=O)C1=NN(c2ccc(Br)cc2)[C@@]2(S1)c1ccccc1C(c1ccc(C(C)(C)C)cc1)=NN2c1ccccc1. The van der Waals surface area contributed by atoms with Crippen molar-refractivity contribution in [2.75, 3.05) is 10.0 Å². The second-order valence-electron chi connectivity index (χ2n) is 10.9. The van der Waals surface area contributed by atoms with Crippen LogP contribution in [-0.2, 0) is 15.2 Å². The number of hydrazone groups is 2. The molecule has 0 N–H and O–H groups in total. The summed E-state index contributed by atoms with van der Waals surface area (Å²) < 4.78 is 0.968. The van der Waals surface area contributed by atoms with Gasteiger partial charge in [-0.3, -0.25) is 4.79 Å². The number of rotatable bonds is 4. The van der Waals surface area contributed by atoms with E-state index in [-0.39, 0.29) is 11.2 Å². The number of anilines is 2. The minimum absolute atomic E-state index is 0.0526. The molecule has 0 bridgehead atoms. The molecule has 0 saturated carbocycles. The molecule has 2 aliphatic heterocycles. The van der Waals surface area contributed by atoms with E-state index in [1.165, 1.54) is 17.3 Å². The minimum Gasteiger partial charge on any atom is -0.292 e. The third-order valence-corrected chi connectivity index (χ3v) is 9.08. The highest BCUT2D eigenvalue weighted by Crippen LogP contribution is 2.55. The molecule has 0 aliphatic carbocycles. The highest BCUT2D eigenvalue weighted by Gasteiger charge is 2.55. The largest absolute Gasteiger partial charge is 0.292 e. The van der Waals surface area contributed by atoms with Crippen LogP contribution in [0.15, 0.2) is 118 Å². The Balaban J connectivity index is 1.62. The second kappa shape index (κ2) is 10.1. The van der Waals surface area contributed by atoms with Crippen molar-refractivity contribution >= 4 is 55.6 Å². The fourth-order valence-electron chi connectivity index (χ4n) is 5.07. The number of nitrogens with zero attached hydrogens (tertiary/aromatic N) is 4. The van der Waals surface area contributed by atoms with E-state index in [9.17, 15) is 4.79 Å². The number of benzene rings is 4. The van der Waals surface area contributed by atoms with Crippen molar-refractivity contribution < 1.29 is 4.79 Å². The van der Waals surface area contributed by atoms with E-state index in [1.807, 2.05) is 76.7 Å². The zero-order valence-corrected chi connectivity index (χ0v) is 25.2. The fraction of sp³-hybridized carbons (Fsp3) is 0.182. The van der Waals surface area contributed by atoms with Crippen molar-refractivity contribution in [1.29, 1.82) is 0 Å². The molecule has 2 heterocycles. The highest BCUT2D eigenvalue weighted by molar-refractivity contribution is 9.10. The Morgan fingerprint density at radius 2 is 1.38 bits per heavy atom. The van der Waals surface area contributed by atoms with Crippen LogP contribution in [0.4, 0.5) is 11.4 Å². The molecule has 0 aromatic heterocycles. The van der Waals surface area contributed by atoms with Gasteiger partial charge >= 0.3 is 0 Å². The number of hydrogen-bond acceptors (Lipinski definition) is 6. The van der Waals surface area contributed by atoms with Gasteiger partial charge in [-0.15, -0.1) is 0 Å². The molecule has 4 aromatic carbocycles. The molecule has 200 valence electrons. The van der Waals surface area contributed by atoms with Gasteiger partial charge in [0.2, 0.25) is 4.99 Å².